The van der Waals surface area contributed by atoms with Gasteiger partial charge in [0.25, 0.3) is 0 Å². The lowest BCUT2D eigenvalue weighted by molar-refractivity contribution is 0.0699. The number of benzene rings is 1. The summed E-state index contributed by atoms with van der Waals surface area (Å²) in [4.78, 5) is 15.6. The molecule has 4 nitrogen and oxygen atoms in total. The second-order valence-electron chi connectivity index (χ2n) is 3.75. The summed E-state index contributed by atoms with van der Waals surface area (Å²) >= 11 is 3.23. The zero-order valence-electron chi connectivity index (χ0n) is 9.48. The molecule has 0 aliphatic heterocycles. The predicted molar refractivity (Wildman–Crippen MR) is 75.3 cm³/mol. The minimum absolute atomic E-state index is 0.239. The number of pyridine rings is 1. The van der Waals surface area contributed by atoms with Gasteiger partial charge in [-0.2, -0.15) is 0 Å². The van der Waals surface area contributed by atoms with Crippen molar-refractivity contribution in [2.24, 2.45) is 0 Å². The fourth-order valence-electron chi connectivity index (χ4n) is 1.63. The highest BCUT2D eigenvalue weighted by molar-refractivity contribution is 9.11. The Morgan fingerprint density at radius 1 is 1.44 bits per heavy atom. The van der Waals surface area contributed by atoms with Crippen molar-refractivity contribution in [3.8, 4) is 0 Å². The maximum Gasteiger partial charge on any atom is 0.336 e. The van der Waals surface area contributed by atoms with Crippen LogP contribution in [0.4, 0.5) is 5.82 Å². The number of carboxylic acid groups (broad SMARTS) is 1. The van der Waals surface area contributed by atoms with Crippen molar-refractivity contribution in [2.45, 2.75) is 0 Å². The van der Waals surface area contributed by atoms with Crippen LogP contribution in [0.15, 0.2) is 41.4 Å². The average molecular weight is 307 g/mol. The first kappa shape index (κ1) is 12.6. The van der Waals surface area contributed by atoms with Crippen LogP contribution in [0.5, 0.6) is 0 Å². The Labute approximate surface area is 112 Å². The zero-order chi connectivity index (χ0) is 13.1. The average Bonchev–Trinajstić information content (AvgIpc) is 2.35. The number of hydrogen-bond acceptors (Lipinski definition) is 3. The Morgan fingerprint density at radius 2 is 2.17 bits per heavy atom. The number of rotatable bonds is 4. The molecule has 1 aromatic carbocycles. The van der Waals surface area contributed by atoms with E-state index in [0.717, 1.165) is 4.48 Å². The van der Waals surface area contributed by atoms with Gasteiger partial charge in [0.2, 0.25) is 0 Å². The molecule has 1 heterocycles. The van der Waals surface area contributed by atoms with Crippen LogP contribution >= 0.6 is 15.9 Å². The molecule has 0 bridgehead atoms. The molecular weight excluding hydrogens is 296 g/mol. The highest BCUT2D eigenvalue weighted by Crippen LogP contribution is 2.21. The topological polar surface area (TPSA) is 62.2 Å². The zero-order valence-corrected chi connectivity index (χ0v) is 11.1. The lowest BCUT2D eigenvalue weighted by Crippen LogP contribution is -2.06. The van der Waals surface area contributed by atoms with E-state index >= 15 is 0 Å². The van der Waals surface area contributed by atoms with Crippen molar-refractivity contribution in [1.82, 2.24) is 4.98 Å². The van der Waals surface area contributed by atoms with E-state index in [-0.39, 0.29) is 5.56 Å². The number of nitrogens with one attached hydrogen (secondary N) is 1. The van der Waals surface area contributed by atoms with Crippen LogP contribution in [0.2, 0.25) is 0 Å². The molecular formula is C13H11BrN2O2. The highest BCUT2D eigenvalue weighted by Gasteiger charge is 2.11. The number of carbonyl (C=O) groups is 1. The summed E-state index contributed by atoms with van der Waals surface area (Å²) in [7, 11) is 0. The van der Waals surface area contributed by atoms with E-state index in [0.29, 0.717) is 23.3 Å². The van der Waals surface area contributed by atoms with Crippen LogP contribution in [-0.4, -0.2) is 22.6 Å². The van der Waals surface area contributed by atoms with E-state index in [4.69, 9.17) is 0 Å². The van der Waals surface area contributed by atoms with Gasteiger partial charge in [0.1, 0.15) is 5.82 Å². The molecule has 2 N–H and O–H groups in total. The Balaban J connectivity index is 2.50. The largest absolute Gasteiger partial charge is 0.478 e. The summed E-state index contributed by atoms with van der Waals surface area (Å²) < 4.78 is 0.773. The molecule has 0 atom stereocenters. The van der Waals surface area contributed by atoms with E-state index < -0.39 is 5.97 Å². The molecule has 0 amide bonds. The minimum atomic E-state index is -0.964. The number of aromatic nitrogens is 1. The van der Waals surface area contributed by atoms with Gasteiger partial charge in [-0.3, -0.25) is 0 Å². The van der Waals surface area contributed by atoms with Crippen molar-refractivity contribution in [1.29, 1.82) is 0 Å². The number of nitrogens with zero attached hydrogens (tertiary/aromatic N) is 1. The summed E-state index contributed by atoms with van der Waals surface area (Å²) in [6.45, 7) is 4.19. The van der Waals surface area contributed by atoms with E-state index in [1.165, 1.54) is 6.07 Å². The van der Waals surface area contributed by atoms with Gasteiger partial charge in [-0.15, -0.1) is 0 Å². The Kier molecular flexibility index (Phi) is 3.62. The van der Waals surface area contributed by atoms with E-state index in [1.54, 1.807) is 18.2 Å². The molecule has 0 saturated heterocycles. The third kappa shape index (κ3) is 2.68. The highest BCUT2D eigenvalue weighted by atomic mass is 79.9. The predicted octanol–water partition coefficient (Wildman–Crippen LogP) is 3.25. The summed E-state index contributed by atoms with van der Waals surface area (Å²) in [6.07, 6.45) is 0. The molecule has 0 aliphatic rings. The third-order valence-electron chi connectivity index (χ3n) is 2.41. The maximum atomic E-state index is 11.2. The van der Waals surface area contributed by atoms with Crippen LogP contribution < -0.4 is 5.32 Å². The van der Waals surface area contributed by atoms with Gasteiger partial charge < -0.3 is 10.4 Å². The first-order chi connectivity index (χ1) is 8.58. The van der Waals surface area contributed by atoms with Crippen molar-refractivity contribution < 1.29 is 9.90 Å². The first-order valence-corrected chi connectivity index (χ1v) is 6.07. The molecule has 0 aliphatic carbocycles. The molecule has 5 heteroatoms. The van der Waals surface area contributed by atoms with Crippen LogP contribution in [0, 0.1) is 0 Å². The van der Waals surface area contributed by atoms with Crippen LogP contribution in [0.1, 0.15) is 10.4 Å². The number of anilines is 1. The molecule has 0 spiro atoms. The SMILES string of the molecule is C=C(Br)CNc1cc(C(=O)O)c2ccccc2n1. The van der Waals surface area contributed by atoms with Crippen LogP contribution in [-0.2, 0) is 0 Å². The fourth-order valence-corrected chi connectivity index (χ4v) is 1.77. The fraction of sp³-hybridized carbons (Fsp3) is 0.0769. The Morgan fingerprint density at radius 3 is 2.83 bits per heavy atom. The normalized spacial score (nSPS) is 10.3. The van der Waals surface area contributed by atoms with Crippen LogP contribution in [0.3, 0.4) is 0 Å². The van der Waals surface area contributed by atoms with Gasteiger partial charge in [-0.25, -0.2) is 9.78 Å². The molecule has 2 rings (SSSR count). The summed E-state index contributed by atoms with van der Waals surface area (Å²) in [6, 6.07) is 8.69. The number of fused-ring (bicyclic) bond motifs is 1. The number of hydrogen-bond donors (Lipinski definition) is 2. The Hall–Kier alpha value is -1.88. The van der Waals surface area contributed by atoms with Gasteiger partial charge in [-0.05, 0) is 12.1 Å². The molecule has 0 radical (unpaired) electrons. The number of halogens is 1. The second kappa shape index (κ2) is 5.18. The second-order valence-corrected chi connectivity index (χ2v) is 4.87. The van der Waals surface area contributed by atoms with Gasteiger partial charge in [0, 0.05) is 16.4 Å². The van der Waals surface area contributed by atoms with Crippen molar-refractivity contribution in [3.05, 3.63) is 47.0 Å². The number of para-hydroxylation sites is 1. The first-order valence-electron chi connectivity index (χ1n) is 5.28. The minimum Gasteiger partial charge on any atom is -0.478 e. The van der Waals surface area contributed by atoms with Gasteiger partial charge in [0.15, 0.2) is 0 Å². The monoisotopic (exact) mass is 306 g/mol. The molecule has 2 aromatic rings. The van der Waals surface area contributed by atoms with Crippen molar-refractivity contribution in [3.63, 3.8) is 0 Å². The molecule has 0 unspecified atom stereocenters. The van der Waals surface area contributed by atoms with E-state index in [9.17, 15) is 9.90 Å². The Bertz CT molecular complexity index is 625. The summed E-state index contributed by atoms with van der Waals surface area (Å²) in [5, 5.41) is 12.8. The third-order valence-corrected chi connectivity index (χ3v) is 2.69. The quantitative estimate of drug-likeness (QED) is 0.910. The van der Waals surface area contributed by atoms with Crippen molar-refractivity contribution in [2.75, 3.05) is 11.9 Å². The van der Waals surface area contributed by atoms with Gasteiger partial charge >= 0.3 is 5.97 Å². The van der Waals surface area contributed by atoms with Crippen LogP contribution in [0.25, 0.3) is 10.9 Å². The molecule has 0 saturated carbocycles. The molecule has 1 aromatic heterocycles. The molecule has 0 fully saturated rings. The van der Waals surface area contributed by atoms with E-state index in [1.807, 2.05) is 6.07 Å². The van der Waals surface area contributed by atoms with E-state index in [2.05, 4.69) is 32.8 Å². The lowest BCUT2D eigenvalue weighted by Gasteiger charge is -2.08. The maximum absolute atomic E-state index is 11.2. The van der Waals surface area contributed by atoms with Crippen molar-refractivity contribution >= 4 is 38.6 Å². The van der Waals surface area contributed by atoms with Gasteiger partial charge in [-0.1, -0.05) is 40.7 Å². The number of aromatic carboxylic acids is 1. The molecule has 92 valence electrons. The lowest BCUT2D eigenvalue weighted by atomic mass is 10.1. The molecule has 18 heavy (non-hydrogen) atoms. The summed E-state index contributed by atoms with van der Waals surface area (Å²) in [5.41, 5.74) is 0.892. The van der Waals surface area contributed by atoms with Gasteiger partial charge in [0.05, 0.1) is 11.1 Å². The summed E-state index contributed by atoms with van der Waals surface area (Å²) in [5.74, 6) is -0.444. The standard InChI is InChI=1S/C13H11BrN2O2/c1-8(14)7-15-12-6-10(13(17)18)9-4-2-3-5-11(9)16-12/h2-6H,1,7H2,(H,15,16)(H,17,18). The number of carboxylic acids is 1. The smallest absolute Gasteiger partial charge is 0.336 e.